The van der Waals surface area contributed by atoms with E-state index in [9.17, 15) is 0 Å². The number of hydrogen-bond donors (Lipinski definition) is 2. The van der Waals surface area contributed by atoms with Gasteiger partial charge in [0.05, 0.1) is 11.4 Å². The summed E-state index contributed by atoms with van der Waals surface area (Å²) in [4.78, 5) is 0. The highest BCUT2D eigenvalue weighted by molar-refractivity contribution is 6.50. The minimum absolute atomic E-state index is 0.238. The van der Waals surface area contributed by atoms with Gasteiger partial charge in [-0.3, -0.25) is 10.8 Å². The maximum atomic E-state index is 8.28. The van der Waals surface area contributed by atoms with Gasteiger partial charge in [0.25, 0.3) is 0 Å². The van der Waals surface area contributed by atoms with Gasteiger partial charge in [-0.1, -0.05) is 115 Å². The standard InChI is InChI=1S/C36H24N2/c37-33-20-19-26(22-34(33)38)36-31-16-5-3-14-29(31)35(30-15-4-6-17-32(30)36)25-12-7-11-24(21-25)28-18-8-10-23-9-1-2-13-27(23)28/h1-22,37-38H. The molecule has 1 aliphatic rings. The van der Waals surface area contributed by atoms with Crippen molar-refractivity contribution in [3.63, 3.8) is 0 Å². The van der Waals surface area contributed by atoms with E-state index in [1.807, 2.05) is 12.2 Å². The van der Waals surface area contributed by atoms with Gasteiger partial charge in [-0.15, -0.1) is 0 Å². The predicted octanol–water partition coefficient (Wildman–Crippen LogP) is 9.47. The van der Waals surface area contributed by atoms with Crippen LogP contribution in [0.15, 0.2) is 133 Å². The van der Waals surface area contributed by atoms with E-state index in [4.69, 9.17) is 10.8 Å². The summed E-state index contributed by atoms with van der Waals surface area (Å²) in [6.07, 6.45) is 5.51. The minimum Gasteiger partial charge on any atom is -0.299 e. The highest BCUT2D eigenvalue weighted by Crippen LogP contribution is 2.43. The molecule has 0 radical (unpaired) electrons. The molecule has 2 N–H and O–H groups in total. The number of benzene rings is 6. The lowest BCUT2D eigenvalue weighted by atomic mass is 9.84. The zero-order valence-electron chi connectivity index (χ0n) is 20.7. The molecule has 0 amide bonds. The summed E-state index contributed by atoms with van der Waals surface area (Å²) in [7, 11) is 0. The van der Waals surface area contributed by atoms with Crippen LogP contribution in [0.25, 0.3) is 60.1 Å². The molecule has 38 heavy (non-hydrogen) atoms. The molecule has 2 heteroatoms. The first-order valence-corrected chi connectivity index (χ1v) is 12.8. The highest BCUT2D eigenvalue weighted by atomic mass is 14.5. The molecule has 6 aromatic carbocycles. The van der Waals surface area contributed by atoms with E-state index in [0.717, 1.165) is 21.9 Å². The topological polar surface area (TPSA) is 47.7 Å². The zero-order chi connectivity index (χ0) is 25.6. The molecule has 0 spiro atoms. The van der Waals surface area contributed by atoms with E-state index >= 15 is 0 Å². The van der Waals surface area contributed by atoms with Crippen LogP contribution in [0.1, 0.15) is 5.56 Å². The van der Waals surface area contributed by atoms with Crippen molar-refractivity contribution in [1.82, 2.24) is 0 Å². The Morgan fingerprint density at radius 2 is 0.974 bits per heavy atom. The first kappa shape index (κ1) is 22.1. The van der Waals surface area contributed by atoms with Crippen LogP contribution < -0.4 is 0 Å². The van der Waals surface area contributed by atoms with E-state index in [2.05, 4.69) is 115 Å². The van der Waals surface area contributed by atoms with Crippen molar-refractivity contribution in [3.8, 4) is 22.3 Å². The van der Waals surface area contributed by atoms with Crippen LogP contribution in [0.2, 0.25) is 0 Å². The largest absolute Gasteiger partial charge is 0.299 e. The number of nitrogens with one attached hydrogen (secondary N) is 2. The van der Waals surface area contributed by atoms with E-state index < -0.39 is 0 Å². The fourth-order valence-corrected chi connectivity index (χ4v) is 5.77. The summed E-state index contributed by atoms with van der Waals surface area (Å²) >= 11 is 0. The van der Waals surface area contributed by atoms with Crippen LogP contribution in [0.4, 0.5) is 0 Å². The third-order valence-electron chi connectivity index (χ3n) is 7.49. The van der Waals surface area contributed by atoms with Gasteiger partial charge >= 0.3 is 0 Å². The van der Waals surface area contributed by atoms with Gasteiger partial charge in [0.2, 0.25) is 0 Å². The Morgan fingerprint density at radius 3 is 1.66 bits per heavy atom. The van der Waals surface area contributed by atoms with Crippen molar-refractivity contribution in [1.29, 1.82) is 10.8 Å². The molecule has 0 bridgehead atoms. The summed E-state index contributed by atoms with van der Waals surface area (Å²) in [6, 6.07) is 41.0. The van der Waals surface area contributed by atoms with Gasteiger partial charge in [-0.25, -0.2) is 0 Å². The first-order valence-electron chi connectivity index (χ1n) is 12.8. The minimum atomic E-state index is 0.238. The molecule has 0 aliphatic heterocycles. The van der Waals surface area contributed by atoms with Crippen LogP contribution in [-0.4, -0.2) is 11.4 Å². The highest BCUT2D eigenvalue weighted by Gasteiger charge is 2.19. The fraction of sp³-hybridized carbons (Fsp3) is 0. The number of allylic oxidation sites excluding steroid dienone is 4. The smallest absolute Gasteiger partial charge is 0.0795 e. The van der Waals surface area contributed by atoms with Crippen molar-refractivity contribution in [2.45, 2.75) is 0 Å². The van der Waals surface area contributed by atoms with Crippen molar-refractivity contribution < 1.29 is 0 Å². The monoisotopic (exact) mass is 484 g/mol. The summed E-state index contributed by atoms with van der Waals surface area (Å²) in [5, 5.41) is 23.4. The lowest BCUT2D eigenvalue weighted by Gasteiger charge is -2.19. The Bertz CT molecular complexity index is 1940. The molecule has 1 aliphatic carbocycles. The van der Waals surface area contributed by atoms with Crippen LogP contribution in [-0.2, 0) is 0 Å². The number of hydrogen-bond acceptors (Lipinski definition) is 2. The average molecular weight is 485 g/mol. The summed E-state index contributed by atoms with van der Waals surface area (Å²) < 4.78 is 0. The molecule has 2 nitrogen and oxygen atoms in total. The Balaban J connectivity index is 1.53. The molecule has 0 aromatic heterocycles. The Morgan fingerprint density at radius 1 is 0.421 bits per heavy atom. The van der Waals surface area contributed by atoms with Crippen LogP contribution in [0.5, 0.6) is 0 Å². The van der Waals surface area contributed by atoms with Crippen molar-refractivity contribution in [3.05, 3.63) is 139 Å². The predicted molar refractivity (Wildman–Crippen MR) is 162 cm³/mol. The van der Waals surface area contributed by atoms with E-state index in [1.54, 1.807) is 6.08 Å². The number of fused-ring (bicyclic) bond motifs is 3. The molecule has 7 rings (SSSR count). The third-order valence-corrected chi connectivity index (χ3v) is 7.49. The van der Waals surface area contributed by atoms with Crippen molar-refractivity contribution in [2.24, 2.45) is 0 Å². The van der Waals surface area contributed by atoms with Crippen LogP contribution in [0, 0.1) is 10.8 Å². The molecule has 0 heterocycles. The second-order valence-corrected chi connectivity index (χ2v) is 9.71. The van der Waals surface area contributed by atoms with E-state index in [-0.39, 0.29) is 11.4 Å². The summed E-state index contributed by atoms with van der Waals surface area (Å²) in [5.74, 6) is 0. The second kappa shape index (κ2) is 8.79. The fourth-order valence-electron chi connectivity index (χ4n) is 5.77. The van der Waals surface area contributed by atoms with Crippen LogP contribution in [0.3, 0.4) is 0 Å². The quantitative estimate of drug-likeness (QED) is 0.186. The summed E-state index contributed by atoms with van der Waals surface area (Å²) in [6.45, 7) is 0. The lowest BCUT2D eigenvalue weighted by molar-refractivity contribution is 1.49. The van der Waals surface area contributed by atoms with E-state index in [1.165, 1.54) is 43.8 Å². The number of rotatable bonds is 3. The molecule has 178 valence electrons. The molecule has 6 aromatic rings. The van der Waals surface area contributed by atoms with Gasteiger partial charge in [-0.05, 0) is 83.9 Å². The molecule has 0 fully saturated rings. The Hall–Kier alpha value is -5.08. The van der Waals surface area contributed by atoms with E-state index in [0.29, 0.717) is 0 Å². The van der Waals surface area contributed by atoms with Gasteiger partial charge < -0.3 is 0 Å². The maximum absolute atomic E-state index is 8.28. The van der Waals surface area contributed by atoms with Crippen molar-refractivity contribution in [2.75, 3.05) is 0 Å². The molecule has 0 saturated carbocycles. The second-order valence-electron chi connectivity index (χ2n) is 9.71. The SMILES string of the molecule is N=C1C=CC(c2c3ccccc3c(-c3cccc(-c4cccc5ccccc45)c3)c3ccccc23)=CC1=N. The molecule has 0 saturated heterocycles. The van der Waals surface area contributed by atoms with Crippen LogP contribution >= 0.6 is 0 Å². The zero-order valence-corrected chi connectivity index (χ0v) is 20.7. The molecule has 0 atom stereocenters. The Kier molecular flexibility index (Phi) is 5.12. The summed E-state index contributed by atoms with van der Waals surface area (Å²) in [5.41, 5.74) is 7.37. The van der Waals surface area contributed by atoms with Gasteiger partial charge in [-0.2, -0.15) is 0 Å². The van der Waals surface area contributed by atoms with Crippen molar-refractivity contribution >= 4 is 49.3 Å². The van der Waals surface area contributed by atoms with Gasteiger partial charge in [0, 0.05) is 0 Å². The molecular formula is C36H24N2. The van der Waals surface area contributed by atoms with Gasteiger partial charge in [0.1, 0.15) is 0 Å². The normalized spacial score (nSPS) is 13.4. The maximum Gasteiger partial charge on any atom is 0.0795 e. The first-order chi connectivity index (χ1) is 18.7. The molecule has 0 unspecified atom stereocenters. The molecular weight excluding hydrogens is 460 g/mol. The lowest BCUT2D eigenvalue weighted by Crippen LogP contribution is -2.10. The third kappa shape index (κ3) is 3.50. The average Bonchev–Trinajstić information content (AvgIpc) is 2.97. The Labute approximate surface area is 221 Å². The van der Waals surface area contributed by atoms with Gasteiger partial charge in [0.15, 0.2) is 0 Å².